The van der Waals surface area contributed by atoms with Crippen LogP contribution in [-0.2, 0) is 6.54 Å². The van der Waals surface area contributed by atoms with Crippen LogP contribution in [0.1, 0.15) is 21.5 Å². The average Bonchev–Trinajstić information content (AvgIpc) is 2.67. The second kappa shape index (κ2) is 7.86. The van der Waals surface area contributed by atoms with E-state index in [2.05, 4.69) is 20.8 Å². The molecular weight excluding hydrogens is 357 g/mol. The van der Waals surface area contributed by atoms with Crippen molar-refractivity contribution in [2.45, 2.75) is 13.5 Å². The van der Waals surface area contributed by atoms with Crippen LogP contribution in [0.4, 0.5) is 24.8 Å². The number of halogens is 3. The molecular formula is C19H15F3N4O. The third-order valence-corrected chi connectivity index (χ3v) is 3.78. The highest BCUT2D eigenvalue weighted by Crippen LogP contribution is 2.17. The van der Waals surface area contributed by atoms with Crippen molar-refractivity contribution in [3.63, 3.8) is 0 Å². The summed E-state index contributed by atoms with van der Waals surface area (Å²) < 4.78 is 39.8. The molecule has 0 aliphatic heterocycles. The molecule has 0 spiro atoms. The Morgan fingerprint density at radius 3 is 2.22 bits per heavy atom. The topological polar surface area (TPSA) is 66.9 Å². The van der Waals surface area contributed by atoms with Crippen LogP contribution in [0.5, 0.6) is 0 Å². The smallest absolute Gasteiger partial charge is 0.259 e. The summed E-state index contributed by atoms with van der Waals surface area (Å²) in [7, 11) is 0. The highest BCUT2D eigenvalue weighted by Gasteiger charge is 2.19. The summed E-state index contributed by atoms with van der Waals surface area (Å²) in [4.78, 5) is 12.0. The van der Waals surface area contributed by atoms with Gasteiger partial charge in [0.25, 0.3) is 5.91 Å². The minimum absolute atomic E-state index is 0.0463. The molecule has 2 N–H and O–H groups in total. The minimum atomic E-state index is -1.70. The molecule has 5 nitrogen and oxygen atoms in total. The van der Waals surface area contributed by atoms with Gasteiger partial charge < -0.3 is 10.6 Å². The molecule has 0 radical (unpaired) electrons. The van der Waals surface area contributed by atoms with Gasteiger partial charge in [-0.1, -0.05) is 29.8 Å². The number of benzene rings is 2. The first-order valence-corrected chi connectivity index (χ1v) is 8.02. The summed E-state index contributed by atoms with van der Waals surface area (Å²) in [6, 6.07) is 12.5. The molecule has 0 aliphatic rings. The van der Waals surface area contributed by atoms with E-state index in [0.29, 0.717) is 18.4 Å². The quantitative estimate of drug-likeness (QED) is 0.663. The number of nitrogens with zero attached hydrogens (tertiary/aromatic N) is 2. The SMILES string of the molecule is Cc1ccc(CNc2ccc(NC(=O)c3ccc(F)c(F)c3F)nn2)cc1. The maximum atomic E-state index is 13.6. The summed E-state index contributed by atoms with van der Waals surface area (Å²) in [5.74, 6) is -5.06. The third kappa shape index (κ3) is 4.41. The summed E-state index contributed by atoms with van der Waals surface area (Å²) in [6.45, 7) is 2.54. The summed E-state index contributed by atoms with van der Waals surface area (Å²) in [5, 5.41) is 13.1. The maximum absolute atomic E-state index is 13.6. The van der Waals surface area contributed by atoms with Crippen LogP contribution in [0.3, 0.4) is 0 Å². The number of nitrogens with one attached hydrogen (secondary N) is 2. The fourth-order valence-electron chi connectivity index (χ4n) is 2.28. The lowest BCUT2D eigenvalue weighted by atomic mass is 10.1. The number of aromatic nitrogens is 2. The molecule has 0 atom stereocenters. The van der Waals surface area contributed by atoms with E-state index in [4.69, 9.17) is 0 Å². The van der Waals surface area contributed by atoms with Gasteiger partial charge in [0.2, 0.25) is 0 Å². The zero-order chi connectivity index (χ0) is 19.4. The average molecular weight is 372 g/mol. The first-order valence-electron chi connectivity index (χ1n) is 8.02. The highest BCUT2D eigenvalue weighted by molar-refractivity contribution is 6.03. The van der Waals surface area contributed by atoms with Gasteiger partial charge in [-0.05, 0) is 36.8 Å². The second-order valence-electron chi connectivity index (χ2n) is 5.82. The lowest BCUT2D eigenvalue weighted by Gasteiger charge is -2.08. The van der Waals surface area contributed by atoms with Crippen LogP contribution < -0.4 is 10.6 Å². The van der Waals surface area contributed by atoms with Crippen molar-refractivity contribution in [3.8, 4) is 0 Å². The number of anilines is 2. The van der Waals surface area contributed by atoms with E-state index in [1.165, 1.54) is 6.07 Å². The predicted molar refractivity (Wildman–Crippen MR) is 94.8 cm³/mol. The van der Waals surface area contributed by atoms with E-state index in [1.54, 1.807) is 6.07 Å². The molecule has 1 heterocycles. The molecule has 2 aromatic carbocycles. The Balaban J connectivity index is 1.62. The first-order chi connectivity index (χ1) is 12.9. The lowest BCUT2D eigenvalue weighted by Crippen LogP contribution is -2.16. The summed E-state index contributed by atoms with van der Waals surface area (Å²) in [5.41, 5.74) is 1.60. The Kier molecular flexibility index (Phi) is 5.35. The van der Waals surface area contributed by atoms with E-state index in [1.807, 2.05) is 31.2 Å². The molecule has 138 valence electrons. The summed E-state index contributed by atoms with van der Waals surface area (Å²) >= 11 is 0. The third-order valence-electron chi connectivity index (χ3n) is 3.78. The lowest BCUT2D eigenvalue weighted by molar-refractivity contribution is 0.102. The number of carbonyl (C=O) groups is 1. The molecule has 0 bridgehead atoms. The molecule has 0 saturated carbocycles. The minimum Gasteiger partial charge on any atom is -0.365 e. The van der Waals surface area contributed by atoms with Crippen molar-refractivity contribution in [1.29, 1.82) is 0 Å². The van der Waals surface area contributed by atoms with E-state index in [-0.39, 0.29) is 5.82 Å². The van der Waals surface area contributed by atoms with Gasteiger partial charge in [0.05, 0.1) is 5.56 Å². The van der Waals surface area contributed by atoms with Crippen LogP contribution in [-0.4, -0.2) is 16.1 Å². The van der Waals surface area contributed by atoms with Crippen LogP contribution in [0.25, 0.3) is 0 Å². The van der Waals surface area contributed by atoms with Gasteiger partial charge in [-0.15, -0.1) is 10.2 Å². The van der Waals surface area contributed by atoms with Crippen molar-refractivity contribution in [3.05, 3.63) is 82.7 Å². The number of rotatable bonds is 5. The number of aryl methyl sites for hydroxylation is 1. The van der Waals surface area contributed by atoms with Gasteiger partial charge in [0, 0.05) is 6.54 Å². The molecule has 0 saturated heterocycles. The second-order valence-corrected chi connectivity index (χ2v) is 5.82. The van der Waals surface area contributed by atoms with Crippen molar-refractivity contribution in [2.75, 3.05) is 10.6 Å². The fraction of sp³-hybridized carbons (Fsp3) is 0.105. The number of hydrogen-bond acceptors (Lipinski definition) is 4. The molecule has 27 heavy (non-hydrogen) atoms. The normalized spacial score (nSPS) is 10.5. The highest BCUT2D eigenvalue weighted by atomic mass is 19.2. The van der Waals surface area contributed by atoms with Crippen LogP contribution in [0.15, 0.2) is 48.5 Å². The van der Waals surface area contributed by atoms with E-state index >= 15 is 0 Å². The molecule has 0 unspecified atom stereocenters. The number of hydrogen-bond donors (Lipinski definition) is 2. The molecule has 0 aliphatic carbocycles. The Hall–Kier alpha value is -3.42. The largest absolute Gasteiger partial charge is 0.365 e. The Bertz CT molecular complexity index is 960. The van der Waals surface area contributed by atoms with Crippen LogP contribution in [0, 0.1) is 24.4 Å². The zero-order valence-electron chi connectivity index (χ0n) is 14.3. The van der Waals surface area contributed by atoms with Gasteiger partial charge in [0.15, 0.2) is 23.3 Å². The van der Waals surface area contributed by atoms with Gasteiger partial charge in [-0.25, -0.2) is 13.2 Å². The van der Waals surface area contributed by atoms with Gasteiger partial charge >= 0.3 is 0 Å². The van der Waals surface area contributed by atoms with E-state index in [9.17, 15) is 18.0 Å². The zero-order valence-corrected chi connectivity index (χ0v) is 14.3. The first kappa shape index (κ1) is 18.4. The standard InChI is InChI=1S/C19H15F3N4O/c1-11-2-4-12(5-3-11)10-23-15-8-9-16(26-25-15)24-19(27)13-6-7-14(20)18(22)17(13)21/h2-9H,10H2,1H3,(H,23,25)(H,24,26,27). The Labute approximate surface area is 153 Å². The van der Waals surface area contributed by atoms with E-state index < -0.39 is 28.9 Å². The monoisotopic (exact) mass is 372 g/mol. The van der Waals surface area contributed by atoms with Crippen molar-refractivity contribution in [2.24, 2.45) is 0 Å². The van der Waals surface area contributed by atoms with Crippen LogP contribution in [0.2, 0.25) is 0 Å². The van der Waals surface area contributed by atoms with Gasteiger partial charge in [-0.2, -0.15) is 0 Å². The molecule has 3 rings (SSSR count). The molecule has 0 fully saturated rings. The molecule has 1 amide bonds. The molecule has 8 heteroatoms. The number of amides is 1. The summed E-state index contributed by atoms with van der Waals surface area (Å²) in [6.07, 6.45) is 0. The van der Waals surface area contributed by atoms with E-state index in [0.717, 1.165) is 17.2 Å². The molecule has 3 aromatic rings. The molecule has 1 aromatic heterocycles. The van der Waals surface area contributed by atoms with Crippen LogP contribution >= 0.6 is 0 Å². The predicted octanol–water partition coefficient (Wildman–Crippen LogP) is 4.07. The number of carbonyl (C=O) groups excluding carboxylic acids is 1. The fourth-order valence-corrected chi connectivity index (χ4v) is 2.28. The maximum Gasteiger partial charge on any atom is 0.259 e. The van der Waals surface area contributed by atoms with Gasteiger partial charge in [-0.3, -0.25) is 4.79 Å². The van der Waals surface area contributed by atoms with Crippen molar-refractivity contribution < 1.29 is 18.0 Å². The Morgan fingerprint density at radius 2 is 1.56 bits per heavy atom. The van der Waals surface area contributed by atoms with Crippen molar-refractivity contribution >= 4 is 17.5 Å². The van der Waals surface area contributed by atoms with Crippen molar-refractivity contribution in [1.82, 2.24) is 10.2 Å². The Morgan fingerprint density at radius 1 is 0.889 bits per heavy atom. The van der Waals surface area contributed by atoms with Gasteiger partial charge in [0.1, 0.15) is 5.82 Å².